The normalized spacial score (nSPS) is 11.6. The Morgan fingerprint density at radius 1 is 1.22 bits per heavy atom. The van der Waals surface area contributed by atoms with Gasteiger partial charge in [-0.1, -0.05) is 18.2 Å². The van der Waals surface area contributed by atoms with Crippen molar-refractivity contribution in [2.45, 2.75) is 33.3 Å². The first kappa shape index (κ1) is 14.2. The summed E-state index contributed by atoms with van der Waals surface area (Å²) in [6.45, 7) is 6.95. The van der Waals surface area contributed by atoms with E-state index in [2.05, 4.69) is 0 Å². The zero-order valence-electron chi connectivity index (χ0n) is 11.2. The maximum Gasteiger partial charge on any atom is 0.331 e. The summed E-state index contributed by atoms with van der Waals surface area (Å²) in [5.74, 6) is -0.391. The minimum atomic E-state index is -0.497. The topological polar surface area (TPSA) is 43.4 Å². The van der Waals surface area contributed by atoms with Gasteiger partial charge in [0.15, 0.2) is 5.78 Å². The van der Waals surface area contributed by atoms with E-state index in [0.29, 0.717) is 5.56 Å². The molecule has 0 N–H and O–H groups in total. The van der Waals surface area contributed by atoms with Gasteiger partial charge in [0.25, 0.3) is 0 Å². The van der Waals surface area contributed by atoms with E-state index in [1.165, 1.54) is 13.0 Å². The monoisotopic (exact) mass is 246 g/mol. The van der Waals surface area contributed by atoms with Crippen molar-refractivity contribution < 1.29 is 14.3 Å². The molecular formula is C15H18O3. The fraction of sp³-hybridized carbons (Fsp3) is 0.333. The van der Waals surface area contributed by atoms with Gasteiger partial charge in [0.05, 0.1) is 0 Å². The molecule has 0 aliphatic rings. The van der Waals surface area contributed by atoms with Crippen LogP contribution in [-0.2, 0) is 9.53 Å². The van der Waals surface area contributed by atoms with Crippen LogP contribution in [0.3, 0.4) is 0 Å². The van der Waals surface area contributed by atoms with Crippen LogP contribution in [0.1, 0.15) is 43.6 Å². The van der Waals surface area contributed by atoms with E-state index in [0.717, 1.165) is 5.56 Å². The number of carbonyl (C=O) groups is 2. The molecule has 1 aromatic rings. The number of ketones is 1. The maximum atomic E-state index is 11.5. The van der Waals surface area contributed by atoms with Crippen LogP contribution in [0.25, 0.3) is 6.08 Å². The van der Waals surface area contributed by atoms with Crippen molar-refractivity contribution in [1.82, 2.24) is 0 Å². The molecule has 3 heteroatoms. The molecule has 0 aromatic heterocycles. The highest BCUT2D eigenvalue weighted by Gasteiger charge is 2.13. The van der Waals surface area contributed by atoms with Gasteiger partial charge in [-0.15, -0.1) is 0 Å². The van der Waals surface area contributed by atoms with Gasteiger partial charge in [-0.2, -0.15) is 0 Å². The van der Waals surface area contributed by atoms with Crippen molar-refractivity contribution in [2.75, 3.05) is 0 Å². The molecule has 0 unspecified atom stereocenters. The van der Waals surface area contributed by atoms with Crippen LogP contribution in [-0.4, -0.2) is 17.4 Å². The SMILES string of the molecule is CC(=O)c1cccc(/C=C/C(=O)OC(C)(C)C)c1. The lowest BCUT2D eigenvalue weighted by molar-refractivity contribution is -0.148. The van der Waals surface area contributed by atoms with Crippen LogP contribution < -0.4 is 0 Å². The third-order valence-corrected chi connectivity index (χ3v) is 2.11. The summed E-state index contributed by atoms with van der Waals surface area (Å²) in [5, 5.41) is 0. The zero-order chi connectivity index (χ0) is 13.8. The minimum Gasteiger partial charge on any atom is -0.457 e. The van der Waals surface area contributed by atoms with Crippen LogP contribution in [0, 0.1) is 0 Å². The fourth-order valence-electron chi connectivity index (χ4n) is 1.36. The number of hydrogen-bond donors (Lipinski definition) is 0. The molecule has 1 rings (SSSR count). The number of carbonyl (C=O) groups excluding carboxylic acids is 2. The molecule has 18 heavy (non-hydrogen) atoms. The van der Waals surface area contributed by atoms with Gasteiger partial charge >= 0.3 is 5.97 Å². The Morgan fingerprint density at radius 3 is 2.44 bits per heavy atom. The number of esters is 1. The standard InChI is InChI=1S/C15H18O3/c1-11(16)13-7-5-6-12(10-13)8-9-14(17)18-15(2,3)4/h5-10H,1-4H3/b9-8+. The van der Waals surface area contributed by atoms with Crippen molar-refractivity contribution in [2.24, 2.45) is 0 Å². The van der Waals surface area contributed by atoms with Gasteiger partial charge in [0, 0.05) is 11.6 Å². The minimum absolute atomic E-state index is 0.00233. The third-order valence-electron chi connectivity index (χ3n) is 2.11. The highest BCUT2D eigenvalue weighted by Crippen LogP contribution is 2.10. The Balaban J connectivity index is 2.76. The van der Waals surface area contributed by atoms with E-state index in [1.807, 2.05) is 26.8 Å². The summed E-state index contributed by atoms with van der Waals surface area (Å²) in [7, 11) is 0. The smallest absolute Gasteiger partial charge is 0.331 e. The maximum absolute atomic E-state index is 11.5. The number of ether oxygens (including phenoxy) is 1. The van der Waals surface area contributed by atoms with Gasteiger partial charge in [-0.25, -0.2) is 4.79 Å². The second-order valence-electron chi connectivity index (χ2n) is 5.05. The van der Waals surface area contributed by atoms with Crippen LogP contribution in [0.2, 0.25) is 0 Å². The number of hydrogen-bond acceptors (Lipinski definition) is 3. The molecule has 0 heterocycles. The van der Waals surface area contributed by atoms with Crippen LogP contribution in [0.15, 0.2) is 30.3 Å². The molecule has 0 fully saturated rings. The quantitative estimate of drug-likeness (QED) is 0.467. The highest BCUT2D eigenvalue weighted by molar-refractivity contribution is 5.95. The predicted octanol–water partition coefficient (Wildman–Crippen LogP) is 3.24. The second kappa shape index (κ2) is 5.63. The van der Waals surface area contributed by atoms with E-state index in [-0.39, 0.29) is 5.78 Å². The highest BCUT2D eigenvalue weighted by atomic mass is 16.6. The molecule has 0 spiro atoms. The van der Waals surface area contributed by atoms with Gasteiger partial charge in [0.1, 0.15) is 5.60 Å². The number of rotatable bonds is 3. The van der Waals surface area contributed by atoms with Crippen LogP contribution >= 0.6 is 0 Å². The molecule has 0 saturated heterocycles. The molecule has 0 radical (unpaired) electrons. The molecule has 1 aromatic carbocycles. The summed E-state index contributed by atoms with van der Waals surface area (Å²) in [5.41, 5.74) is 0.928. The first-order chi connectivity index (χ1) is 8.28. The molecule has 0 aliphatic heterocycles. The molecule has 0 bridgehead atoms. The van der Waals surface area contributed by atoms with Gasteiger partial charge < -0.3 is 4.74 Å². The average Bonchev–Trinajstić information content (AvgIpc) is 2.24. The Bertz CT molecular complexity index is 479. The lowest BCUT2D eigenvalue weighted by Gasteiger charge is -2.17. The van der Waals surface area contributed by atoms with Gasteiger partial charge in [-0.05, 0) is 45.4 Å². The Labute approximate surface area is 107 Å². The molecular weight excluding hydrogens is 228 g/mol. The first-order valence-corrected chi connectivity index (χ1v) is 5.80. The lowest BCUT2D eigenvalue weighted by Crippen LogP contribution is -2.22. The summed E-state index contributed by atoms with van der Waals surface area (Å²) in [4.78, 5) is 22.7. The van der Waals surface area contributed by atoms with E-state index in [9.17, 15) is 9.59 Å². The summed E-state index contributed by atoms with van der Waals surface area (Å²) < 4.78 is 5.14. The third kappa shape index (κ3) is 4.95. The van der Waals surface area contributed by atoms with Crippen molar-refractivity contribution in [1.29, 1.82) is 0 Å². The fourth-order valence-corrected chi connectivity index (χ4v) is 1.36. The van der Waals surface area contributed by atoms with Crippen LogP contribution in [0.4, 0.5) is 0 Å². The summed E-state index contributed by atoms with van der Waals surface area (Å²) >= 11 is 0. The van der Waals surface area contributed by atoms with Crippen molar-refractivity contribution >= 4 is 17.8 Å². The molecule has 0 aliphatic carbocycles. The molecule has 3 nitrogen and oxygen atoms in total. The summed E-state index contributed by atoms with van der Waals surface area (Å²) in [6, 6.07) is 7.09. The zero-order valence-corrected chi connectivity index (χ0v) is 11.2. The van der Waals surface area contributed by atoms with Crippen molar-refractivity contribution in [3.63, 3.8) is 0 Å². The average molecular weight is 246 g/mol. The Morgan fingerprint density at radius 2 is 1.89 bits per heavy atom. The van der Waals surface area contributed by atoms with E-state index in [4.69, 9.17) is 4.74 Å². The van der Waals surface area contributed by atoms with Gasteiger partial charge in [0.2, 0.25) is 0 Å². The summed E-state index contributed by atoms with van der Waals surface area (Å²) in [6.07, 6.45) is 3.00. The molecule has 0 atom stereocenters. The molecule has 0 amide bonds. The largest absolute Gasteiger partial charge is 0.457 e. The lowest BCUT2D eigenvalue weighted by atomic mass is 10.1. The second-order valence-corrected chi connectivity index (χ2v) is 5.05. The van der Waals surface area contributed by atoms with E-state index < -0.39 is 11.6 Å². The molecule has 96 valence electrons. The number of Topliss-reactive ketones (excluding diaryl/α,β-unsaturated/α-hetero) is 1. The predicted molar refractivity (Wildman–Crippen MR) is 71.3 cm³/mol. The van der Waals surface area contributed by atoms with Crippen molar-refractivity contribution in [3.05, 3.63) is 41.5 Å². The van der Waals surface area contributed by atoms with E-state index >= 15 is 0 Å². The van der Waals surface area contributed by atoms with E-state index in [1.54, 1.807) is 24.3 Å². The van der Waals surface area contributed by atoms with Crippen LogP contribution in [0.5, 0.6) is 0 Å². The Hall–Kier alpha value is -1.90. The molecule has 0 saturated carbocycles. The van der Waals surface area contributed by atoms with Crippen molar-refractivity contribution in [3.8, 4) is 0 Å². The van der Waals surface area contributed by atoms with Gasteiger partial charge in [-0.3, -0.25) is 4.79 Å². The first-order valence-electron chi connectivity index (χ1n) is 5.80. The Kier molecular flexibility index (Phi) is 4.43. The number of benzene rings is 1.